The summed E-state index contributed by atoms with van der Waals surface area (Å²) in [5.41, 5.74) is 3.74. The lowest BCUT2D eigenvalue weighted by Gasteiger charge is -2.30. The molecular formula is C13H25ClN4O. The number of hydrogen-bond donors (Lipinski definition) is 2. The third-order valence-electron chi connectivity index (χ3n) is 3.09. The van der Waals surface area contributed by atoms with E-state index < -0.39 is 0 Å². The van der Waals surface area contributed by atoms with Crippen molar-refractivity contribution < 1.29 is 4.74 Å². The van der Waals surface area contributed by atoms with Crippen molar-refractivity contribution in [3.8, 4) is 0 Å². The Morgan fingerprint density at radius 2 is 2.16 bits per heavy atom. The zero-order valence-corrected chi connectivity index (χ0v) is 12.9. The molecule has 1 aromatic rings. The first-order valence-corrected chi connectivity index (χ1v) is 7.23. The molecule has 0 saturated carbocycles. The smallest absolute Gasteiger partial charge is 0.0907 e. The van der Waals surface area contributed by atoms with Crippen molar-refractivity contribution in [2.75, 3.05) is 6.61 Å². The lowest BCUT2D eigenvalue weighted by molar-refractivity contribution is 0.000683. The third-order valence-corrected chi connectivity index (χ3v) is 3.38. The van der Waals surface area contributed by atoms with Crippen LogP contribution in [0.1, 0.15) is 45.9 Å². The molecule has 0 aromatic carbocycles. The number of halogens is 1. The second kappa shape index (κ2) is 7.85. The van der Waals surface area contributed by atoms with E-state index in [0.29, 0.717) is 17.5 Å². The van der Waals surface area contributed by atoms with E-state index in [1.807, 2.05) is 11.6 Å². The Hall–Kier alpha value is -0.620. The van der Waals surface area contributed by atoms with E-state index in [-0.39, 0.29) is 12.1 Å². The largest absolute Gasteiger partial charge is 0.376 e. The van der Waals surface area contributed by atoms with Crippen molar-refractivity contribution >= 4 is 11.6 Å². The van der Waals surface area contributed by atoms with E-state index in [1.54, 1.807) is 6.20 Å². The molecule has 3 N–H and O–H groups in total. The van der Waals surface area contributed by atoms with E-state index in [4.69, 9.17) is 22.2 Å². The average molecular weight is 289 g/mol. The van der Waals surface area contributed by atoms with Crippen LogP contribution in [0.15, 0.2) is 6.20 Å². The maximum atomic E-state index is 6.27. The highest BCUT2D eigenvalue weighted by atomic mass is 35.5. The average Bonchev–Trinajstić information content (AvgIpc) is 2.72. The van der Waals surface area contributed by atoms with Crippen LogP contribution in [-0.2, 0) is 11.3 Å². The summed E-state index contributed by atoms with van der Waals surface area (Å²) in [4.78, 5) is 0. The number of ether oxygens (including phenoxy) is 1. The molecule has 0 fully saturated rings. The highest BCUT2D eigenvalue weighted by molar-refractivity contribution is 6.31. The molecule has 6 heteroatoms. The van der Waals surface area contributed by atoms with Crippen molar-refractivity contribution in [3.05, 3.63) is 16.9 Å². The Labute approximate surface area is 120 Å². The summed E-state index contributed by atoms with van der Waals surface area (Å²) in [7, 11) is 0. The number of nitrogens with two attached hydrogens (primary N) is 1. The summed E-state index contributed by atoms with van der Waals surface area (Å²) in [6, 6.07) is -0.165. The predicted octanol–water partition coefficient (Wildman–Crippen LogP) is 2.51. The number of aryl methyl sites for hydroxylation is 1. The molecular weight excluding hydrogens is 264 g/mol. The lowest BCUT2D eigenvalue weighted by Crippen LogP contribution is -2.42. The molecule has 110 valence electrons. The minimum absolute atomic E-state index is 0.0418. The molecule has 1 heterocycles. The highest BCUT2D eigenvalue weighted by Crippen LogP contribution is 2.29. The Morgan fingerprint density at radius 1 is 1.47 bits per heavy atom. The number of hydrazine groups is 1. The Morgan fingerprint density at radius 3 is 2.63 bits per heavy atom. The molecule has 1 aromatic heterocycles. The third kappa shape index (κ3) is 3.92. The van der Waals surface area contributed by atoms with Gasteiger partial charge in [0, 0.05) is 13.2 Å². The van der Waals surface area contributed by atoms with Gasteiger partial charge >= 0.3 is 0 Å². The van der Waals surface area contributed by atoms with Crippen LogP contribution in [-0.4, -0.2) is 22.5 Å². The van der Waals surface area contributed by atoms with Crippen LogP contribution in [0.5, 0.6) is 0 Å². The lowest BCUT2D eigenvalue weighted by atomic mass is 9.97. The van der Waals surface area contributed by atoms with Gasteiger partial charge in [-0.25, -0.2) is 5.43 Å². The van der Waals surface area contributed by atoms with Crippen LogP contribution in [0.2, 0.25) is 5.02 Å². The van der Waals surface area contributed by atoms with Crippen molar-refractivity contribution in [1.82, 2.24) is 15.2 Å². The standard InChI is InChI=1S/C13H25ClN4O/c1-5-7-18-12(10(14)8-16-18)11(17-15)13(9(3)4)19-6-2/h8-9,11,13,17H,5-7,15H2,1-4H3. The fraction of sp³-hybridized carbons (Fsp3) is 0.769. The quantitative estimate of drug-likeness (QED) is 0.570. The fourth-order valence-corrected chi connectivity index (χ4v) is 2.53. The zero-order chi connectivity index (χ0) is 14.4. The minimum Gasteiger partial charge on any atom is -0.376 e. The number of aromatic nitrogens is 2. The summed E-state index contributed by atoms with van der Waals surface area (Å²) >= 11 is 6.27. The summed E-state index contributed by atoms with van der Waals surface area (Å²) < 4.78 is 7.73. The van der Waals surface area contributed by atoms with Crippen molar-refractivity contribution in [3.63, 3.8) is 0 Å². The monoisotopic (exact) mass is 288 g/mol. The number of hydrogen-bond acceptors (Lipinski definition) is 4. The molecule has 0 spiro atoms. The SMILES string of the molecule is CCCn1ncc(Cl)c1C(NN)C(OCC)C(C)C. The van der Waals surface area contributed by atoms with Gasteiger partial charge in [-0.2, -0.15) is 5.10 Å². The number of nitrogens with zero attached hydrogens (tertiary/aromatic N) is 2. The second-order valence-electron chi connectivity index (χ2n) is 4.91. The maximum absolute atomic E-state index is 6.27. The van der Waals surface area contributed by atoms with Gasteiger partial charge in [0.05, 0.1) is 29.1 Å². The first kappa shape index (κ1) is 16.4. The van der Waals surface area contributed by atoms with Crippen LogP contribution in [0, 0.1) is 5.92 Å². The van der Waals surface area contributed by atoms with Crippen LogP contribution in [0.25, 0.3) is 0 Å². The summed E-state index contributed by atoms with van der Waals surface area (Å²) in [6.07, 6.45) is 2.61. The number of rotatable bonds is 8. The van der Waals surface area contributed by atoms with E-state index in [0.717, 1.165) is 18.7 Å². The molecule has 0 amide bonds. The van der Waals surface area contributed by atoms with Gasteiger partial charge in [-0.15, -0.1) is 0 Å². The van der Waals surface area contributed by atoms with E-state index in [2.05, 4.69) is 31.3 Å². The molecule has 2 atom stereocenters. The number of nitrogens with one attached hydrogen (secondary N) is 1. The van der Waals surface area contributed by atoms with Gasteiger partial charge in [0.25, 0.3) is 0 Å². The minimum atomic E-state index is -0.165. The van der Waals surface area contributed by atoms with E-state index in [1.165, 1.54) is 0 Å². The van der Waals surface area contributed by atoms with Crippen molar-refractivity contribution in [2.45, 2.75) is 52.8 Å². The molecule has 1 rings (SSSR count). The van der Waals surface area contributed by atoms with Crippen LogP contribution >= 0.6 is 11.6 Å². The van der Waals surface area contributed by atoms with E-state index >= 15 is 0 Å². The van der Waals surface area contributed by atoms with Crippen molar-refractivity contribution in [2.24, 2.45) is 11.8 Å². The molecule has 0 aliphatic heterocycles. The second-order valence-corrected chi connectivity index (χ2v) is 5.32. The van der Waals surface area contributed by atoms with Gasteiger partial charge in [-0.3, -0.25) is 10.5 Å². The molecule has 0 aliphatic rings. The van der Waals surface area contributed by atoms with Gasteiger partial charge in [0.1, 0.15) is 0 Å². The zero-order valence-electron chi connectivity index (χ0n) is 12.2. The first-order chi connectivity index (χ1) is 9.06. The molecule has 5 nitrogen and oxygen atoms in total. The molecule has 0 aliphatic carbocycles. The van der Waals surface area contributed by atoms with Gasteiger partial charge in [0.2, 0.25) is 0 Å². The van der Waals surface area contributed by atoms with Crippen LogP contribution < -0.4 is 11.3 Å². The topological polar surface area (TPSA) is 65.1 Å². The van der Waals surface area contributed by atoms with Gasteiger partial charge < -0.3 is 4.74 Å². The van der Waals surface area contributed by atoms with Gasteiger partial charge in [-0.1, -0.05) is 32.4 Å². The van der Waals surface area contributed by atoms with E-state index in [9.17, 15) is 0 Å². The summed E-state index contributed by atoms with van der Waals surface area (Å²) in [5.74, 6) is 6.06. The summed E-state index contributed by atoms with van der Waals surface area (Å²) in [6.45, 7) is 9.76. The highest BCUT2D eigenvalue weighted by Gasteiger charge is 2.30. The van der Waals surface area contributed by atoms with Crippen LogP contribution in [0.4, 0.5) is 0 Å². The molecule has 0 saturated heterocycles. The molecule has 0 radical (unpaired) electrons. The summed E-state index contributed by atoms with van der Waals surface area (Å²) in [5, 5.41) is 4.94. The predicted molar refractivity (Wildman–Crippen MR) is 77.8 cm³/mol. The molecule has 2 unspecified atom stereocenters. The van der Waals surface area contributed by atoms with Gasteiger partial charge in [0.15, 0.2) is 0 Å². The Balaban J connectivity index is 3.09. The molecule has 0 bridgehead atoms. The molecule has 19 heavy (non-hydrogen) atoms. The Kier molecular flexibility index (Phi) is 6.79. The Bertz CT molecular complexity index is 381. The van der Waals surface area contributed by atoms with Gasteiger partial charge in [-0.05, 0) is 19.3 Å². The maximum Gasteiger partial charge on any atom is 0.0907 e. The first-order valence-electron chi connectivity index (χ1n) is 6.85. The fourth-order valence-electron chi connectivity index (χ4n) is 2.27. The van der Waals surface area contributed by atoms with Crippen molar-refractivity contribution in [1.29, 1.82) is 0 Å². The normalized spacial score (nSPS) is 14.9. The van der Waals surface area contributed by atoms with Crippen LogP contribution in [0.3, 0.4) is 0 Å².